The molecule has 0 aliphatic heterocycles. The fraction of sp³-hybridized carbons (Fsp3) is 0.333. The second kappa shape index (κ2) is 5.83. The van der Waals surface area contributed by atoms with E-state index in [1.807, 2.05) is 6.07 Å². The van der Waals surface area contributed by atoms with E-state index in [9.17, 15) is 0 Å². The number of aromatic amines is 1. The predicted octanol–water partition coefficient (Wildman–Crippen LogP) is 4.63. The minimum atomic E-state index is 0.523. The summed E-state index contributed by atoms with van der Waals surface area (Å²) in [5, 5.41) is 7.23. The first-order chi connectivity index (χ1) is 8.49. The lowest BCUT2D eigenvalue weighted by molar-refractivity contribution is 0.521. The van der Waals surface area contributed by atoms with Crippen molar-refractivity contribution in [2.45, 2.75) is 20.4 Å². The third-order valence-corrected chi connectivity index (χ3v) is 4.15. The molecule has 0 atom stereocenters. The van der Waals surface area contributed by atoms with Crippen LogP contribution in [-0.4, -0.2) is 14.8 Å². The molecule has 1 aromatic heterocycles. The summed E-state index contributed by atoms with van der Waals surface area (Å²) in [5.41, 5.74) is 1.06. The van der Waals surface area contributed by atoms with Crippen molar-refractivity contribution in [3.05, 3.63) is 31.0 Å². The summed E-state index contributed by atoms with van der Waals surface area (Å²) in [5.74, 6) is 1.41. The third-order valence-electron chi connectivity index (χ3n) is 2.48. The van der Waals surface area contributed by atoms with Gasteiger partial charge in [0.05, 0.1) is 0 Å². The average Bonchev–Trinajstić information content (AvgIpc) is 2.64. The molecule has 96 valence electrons. The summed E-state index contributed by atoms with van der Waals surface area (Å²) in [6, 6.07) is 6.20. The molecule has 1 N–H and O–H groups in total. The second-order valence-corrected chi connectivity index (χ2v) is 6.97. The van der Waals surface area contributed by atoms with Crippen molar-refractivity contribution in [1.82, 2.24) is 14.8 Å². The molecular formula is C12H13BrIN3S. The fourth-order valence-corrected chi connectivity index (χ4v) is 2.85. The van der Waals surface area contributed by atoms with E-state index in [1.54, 1.807) is 0 Å². The Balaban J connectivity index is 2.57. The third kappa shape index (κ3) is 3.03. The van der Waals surface area contributed by atoms with E-state index in [4.69, 9.17) is 12.2 Å². The zero-order valence-corrected chi connectivity index (χ0v) is 14.6. The van der Waals surface area contributed by atoms with Crippen LogP contribution in [0.4, 0.5) is 0 Å². The number of hydrogen-bond donors (Lipinski definition) is 1. The molecule has 1 aromatic carbocycles. The summed E-state index contributed by atoms with van der Waals surface area (Å²) in [6.45, 7) is 5.20. The summed E-state index contributed by atoms with van der Waals surface area (Å²) < 4.78 is 4.93. The molecule has 0 aliphatic carbocycles. The first-order valence-electron chi connectivity index (χ1n) is 5.59. The molecule has 0 spiro atoms. The van der Waals surface area contributed by atoms with E-state index in [-0.39, 0.29) is 0 Å². The van der Waals surface area contributed by atoms with E-state index in [1.165, 1.54) is 3.57 Å². The summed E-state index contributed by atoms with van der Waals surface area (Å²) >= 11 is 11.2. The molecule has 6 heteroatoms. The normalized spacial score (nSPS) is 11.2. The van der Waals surface area contributed by atoms with Gasteiger partial charge >= 0.3 is 0 Å². The summed E-state index contributed by atoms with van der Waals surface area (Å²) in [6.07, 6.45) is 0. The van der Waals surface area contributed by atoms with Crippen LogP contribution in [0.2, 0.25) is 0 Å². The number of nitrogens with zero attached hydrogens (tertiary/aromatic N) is 2. The van der Waals surface area contributed by atoms with Crippen LogP contribution in [0.25, 0.3) is 11.4 Å². The van der Waals surface area contributed by atoms with Crippen LogP contribution in [0.5, 0.6) is 0 Å². The van der Waals surface area contributed by atoms with Gasteiger partial charge < -0.3 is 0 Å². The van der Waals surface area contributed by atoms with Crippen LogP contribution < -0.4 is 0 Å². The Morgan fingerprint density at radius 2 is 2.22 bits per heavy atom. The van der Waals surface area contributed by atoms with Gasteiger partial charge in [0, 0.05) is 20.2 Å². The van der Waals surface area contributed by atoms with Gasteiger partial charge in [-0.3, -0.25) is 9.67 Å². The molecule has 0 amide bonds. The van der Waals surface area contributed by atoms with Crippen LogP contribution in [0.3, 0.4) is 0 Å². The predicted molar refractivity (Wildman–Crippen MR) is 88.1 cm³/mol. The smallest absolute Gasteiger partial charge is 0.195 e. The minimum Gasteiger partial charge on any atom is -0.300 e. The molecule has 2 aromatic rings. The Kier molecular flexibility index (Phi) is 4.60. The molecule has 2 rings (SSSR count). The van der Waals surface area contributed by atoms with E-state index >= 15 is 0 Å². The maximum atomic E-state index is 5.30. The Hall–Kier alpha value is -0.210. The van der Waals surface area contributed by atoms with Gasteiger partial charge in [0.25, 0.3) is 0 Å². The Morgan fingerprint density at radius 1 is 1.50 bits per heavy atom. The van der Waals surface area contributed by atoms with Gasteiger partial charge in [0.1, 0.15) is 0 Å². The standard InChI is InChI=1S/C12H13BrIN3S/c1-7(2)6-17-11(15-16-12(17)18)9-5-8(14)3-4-10(9)13/h3-5,7H,6H2,1-2H3,(H,16,18). The van der Waals surface area contributed by atoms with E-state index in [2.05, 4.69) is 79.3 Å². The van der Waals surface area contributed by atoms with Crippen LogP contribution >= 0.6 is 50.7 Å². The molecule has 3 nitrogen and oxygen atoms in total. The quantitative estimate of drug-likeness (QED) is 0.560. The van der Waals surface area contributed by atoms with Gasteiger partial charge in [0.2, 0.25) is 0 Å². The number of H-pyrrole nitrogens is 1. The van der Waals surface area contributed by atoms with Crippen LogP contribution in [0.1, 0.15) is 13.8 Å². The van der Waals surface area contributed by atoms with Crippen LogP contribution in [-0.2, 0) is 6.54 Å². The van der Waals surface area contributed by atoms with Crippen molar-refractivity contribution in [3.8, 4) is 11.4 Å². The van der Waals surface area contributed by atoms with Crippen molar-refractivity contribution in [1.29, 1.82) is 0 Å². The number of nitrogens with one attached hydrogen (secondary N) is 1. The van der Waals surface area contributed by atoms with Crippen LogP contribution in [0.15, 0.2) is 22.7 Å². The Labute approximate surface area is 133 Å². The Morgan fingerprint density at radius 3 is 2.89 bits per heavy atom. The van der Waals surface area contributed by atoms with E-state index in [0.29, 0.717) is 10.7 Å². The second-order valence-electron chi connectivity index (χ2n) is 4.48. The number of aromatic nitrogens is 3. The zero-order chi connectivity index (χ0) is 13.3. The van der Waals surface area contributed by atoms with Gasteiger partial charge in [-0.1, -0.05) is 29.8 Å². The molecule has 1 heterocycles. The molecule has 0 aliphatic rings. The Bertz CT molecular complexity index is 618. The SMILES string of the molecule is CC(C)Cn1c(-c2cc(I)ccc2Br)n[nH]c1=S. The molecule has 0 saturated heterocycles. The van der Waals surface area contributed by atoms with Crippen molar-refractivity contribution in [2.24, 2.45) is 5.92 Å². The van der Waals surface area contributed by atoms with Crippen molar-refractivity contribution in [2.75, 3.05) is 0 Å². The van der Waals surface area contributed by atoms with Crippen molar-refractivity contribution >= 4 is 50.7 Å². The average molecular weight is 438 g/mol. The van der Waals surface area contributed by atoms with Crippen LogP contribution in [0, 0.1) is 14.3 Å². The minimum absolute atomic E-state index is 0.523. The summed E-state index contributed by atoms with van der Waals surface area (Å²) in [7, 11) is 0. The van der Waals surface area contributed by atoms with E-state index in [0.717, 1.165) is 22.4 Å². The molecular weight excluding hydrogens is 425 g/mol. The lowest BCUT2D eigenvalue weighted by Crippen LogP contribution is -2.06. The summed E-state index contributed by atoms with van der Waals surface area (Å²) in [4.78, 5) is 0. The fourth-order valence-electron chi connectivity index (χ4n) is 1.73. The highest BCUT2D eigenvalue weighted by Gasteiger charge is 2.13. The van der Waals surface area contributed by atoms with Gasteiger partial charge in [-0.25, -0.2) is 0 Å². The lowest BCUT2D eigenvalue weighted by Gasteiger charge is -2.10. The van der Waals surface area contributed by atoms with Gasteiger partial charge in [-0.05, 0) is 58.9 Å². The largest absolute Gasteiger partial charge is 0.300 e. The zero-order valence-electron chi connectivity index (χ0n) is 10.1. The number of halogens is 2. The highest BCUT2D eigenvalue weighted by molar-refractivity contribution is 14.1. The molecule has 0 bridgehead atoms. The van der Waals surface area contributed by atoms with Gasteiger partial charge in [-0.15, -0.1) is 0 Å². The van der Waals surface area contributed by atoms with Crippen molar-refractivity contribution in [3.63, 3.8) is 0 Å². The van der Waals surface area contributed by atoms with Crippen molar-refractivity contribution < 1.29 is 0 Å². The number of benzene rings is 1. The number of rotatable bonds is 3. The lowest BCUT2D eigenvalue weighted by atomic mass is 10.2. The number of hydrogen-bond acceptors (Lipinski definition) is 2. The molecule has 0 saturated carbocycles. The molecule has 0 radical (unpaired) electrons. The molecule has 0 fully saturated rings. The molecule has 0 unspecified atom stereocenters. The highest BCUT2D eigenvalue weighted by Crippen LogP contribution is 2.29. The van der Waals surface area contributed by atoms with Gasteiger partial charge in [0.15, 0.2) is 10.6 Å². The van der Waals surface area contributed by atoms with Gasteiger partial charge in [-0.2, -0.15) is 5.10 Å². The maximum absolute atomic E-state index is 5.30. The first kappa shape index (κ1) is 14.2. The highest BCUT2D eigenvalue weighted by atomic mass is 127. The monoisotopic (exact) mass is 437 g/mol. The van der Waals surface area contributed by atoms with E-state index < -0.39 is 0 Å². The molecule has 18 heavy (non-hydrogen) atoms. The first-order valence-corrected chi connectivity index (χ1v) is 7.87. The topological polar surface area (TPSA) is 33.6 Å². The maximum Gasteiger partial charge on any atom is 0.195 e.